The van der Waals surface area contributed by atoms with E-state index in [-0.39, 0.29) is 11.8 Å². The molecule has 6 heteroatoms. The number of carbonyl (C=O) groups is 2. The third kappa shape index (κ3) is 3.32. The number of amides is 2. The molecule has 0 unspecified atom stereocenters. The number of nitrogens with one attached hydrogen (secondary N) is 1. The highest BCUT2D eigenvalue weighted by Crippen LogP contribution is 2.22. The Kier molecular flexibility index (Phi) is 4.77. The van der Waals surface area contributed by atoms with Gasteiger partial charge in [0.1, 0.15) is 4.88 Å². The lowest BCUT2D eigenvalue weighted by molar-refractivity contribution is -0.127. The maximum absolute atomic E-state index is 11.8. The zero-order chi connectivity index (χ0) is 13.0. The normalized spacial score (nSPS) is 15.2. The Morgan fingerprint density at radius 3 is 3.00 bits per heavy atom. The van der Waals surface area contributed by atoms with Gasteiger partial charge < -0.3 is 10.2 Å². The molecule has 1 aromatic rings. The van der Waals surface area contributed by atoms with Gasteiger partial charge in [0.2, 0.25) is 5.91 Å². The van der Waals surface area contributed by atoms with Crippen LogP contribution in [0.25, 0.3) is 0 Å². The van der Waals surface area contributed by atoms with Gasteiger partial charge in [0.05, 0.1) is 0 Å². The van der Waals surface area contributed by atoms with Gasteiger partial charge >= 0.3 is 0 Å². The van der Waals surface area contributed by atoms with Crippen LogP contribution in [0, 0.1) is 0 Å². The second-order valence-electron chi connectivity index (χ2n) is 4.19. The van der Waals surface area contributed by atoms with Crippen molar-refractivity contribution in [2.75, 3.05) is 19.6 Å². The Hall–Kier alpha value is -0.880. The van der Waals surface area contributed by atoms with Gasteiger partial charge in [0, 0.05) is 30.5 Å². The summed E-state index contributed by atoms with van der Waals surface area (Å²) in [4.78, 5) is 25.7. The molecule has 0 saturated carbocycles. The first kappa shape index (κ1) is 13.5. The minimum absolute atomic E-state index is 0.0513. The average molecular weight is 331 g/mol. The summed E-state index contributed by atoms with van der Waals surface area (Å²) >= 11 is 4.75. The van der Waals surface area contributed by atoms with Crippen LogP contribution >= 0.6 is 27.3 Å². The molecule has 0 radical (unpaired) electrons. The maximum atomic E-state index is 11.8. The molecule has 0 aromatic carbocycles. The third-order valence-corrected chi connectivity index (χ3v) is 4.72. The lowest BCUT2D eigenvalue weighted by atomic mass is 10.3. The van der Waals surface area contributed by atoms with Crippen molar-refractivity contribution in [3.8, 4) is 0 Å². The highest BCUT2D eigenvalue weighted by Gasteiger charge is 2.19. The number of halogens is 1. The van der Waals surface area contributed by atoms with Gasteiger partial charge in [-0.1, -0.05) is 0 Å². The lowest BCUT2D eigenvalue weighted by Gasteiger charge is -2.15. The van der Waals surface area contributed by atoms with E-state index in [2.05, 4.69) is 21.2 Å². The van der Waals surface area contributed by atoms with Crippen molar-refractivity contribution in [1.82, 2.24) is 10.2 Å². The molecule has 0 spiro atoms. The molecule has 2 amide bonds. The van der Waals surface area contributed by atoms with Crippen molar-refractivity contribution in [1.29, 1.82) is 0 Å². The van der Waals surface area contributed by atoms with Crippen LogP contribution in [0.15, 0.2) is 15.9 Å². The molecule has 1 saturated heterocycles. The van der Waals surface area contributed by atoms with E-state index < -0.39 is 0 Å². The quantitative estimate of drug-likeness (QED) is 0.842. The fraction of sp³-hybridized carbons (Fsp3) is 0.500. The van der Waals surface area contributed by atoms with Gasteiger partial charge in [0.25, 0.3) is 5.91 Å². The van der Waals surface area contributed by atoms with Gasteiger partial charge in [-0.05, 0) is 40.2 Å². The van der Waals surface area contributed by atoms with E-state index in [4.69, 9.17) is 0 Å². The zero-order valence-electron chi connectivity index (χ0n) is 9.95. The topological polar surface area (TPSA) is 49.4 Å². The standard InChI is InChI=1S/C12H15BrN2O2S/c13-9-4-8-18-11(9)12(17)14-5-2-7-15-6-1-3-10(15)16/h4,8H,1-3,5-7H2,(H,14,17). The van der Waals surface area contributed by atoms with Crippen molar-refractivity contribution in [3.05, 3.63) is 20.8 Å². The summed E-state index contributed by atoms with van der Waals surface area (Å²) in [5.74, 6) is 0.187. The zero-order valence-corrected chi connectivity index (χ0v) is 12.3. The van der Waals surface area contributed by atoms with E-state index in [9.17, 15) is 9.59 Å². The van der Waals surface area contributed by atoms with Crippen LogP contribution in [0.2, 0.25) is 0 Å². The van der Waals surface area contributed by atoms with Crippen LogP contribution in [0.3, 0.4) is 0 Å². The molecule has 2 heterocycles. The predicted octanol–water partition coefficient (Wildman–Crippen LogP) is 2.25. The van der Waals surface area contributed by atoms with Crippen LogP contribution in [-0.2, 0) is 4.79 Å². The van der Waals surface area contributed by atoms with E-state index >= 15 is 0 Å². The van der Waals surface area contributed by atoms with E-state index in [1.807, 2.05) is 16.3 Å². The number of carbonyl (C=O) groups excluding carboxylic acids is 2. The molecule has 2 rings (SSSR count). The van der Waals surface area contributed by atoms with E-state index in [0.29, 0.717) is 17.8 Å². The van der Waals surface area contributed by atoms with Crippen molar-refractivity contribution >= 4 is 39.1 Å². The Morgan fingerprint density at radius 1 is 1.56 bits per heavy atom. The number of hydrogen-bond acceptors (Lipinski definition) is 3. The maximum Gasteiger partial charge on any atom is 0.262 e. The molecule has 1 aliphatic heterocycles. The Bertz CT molecular complexity index is 447. The van der Waals surface area contributed by atoms with Gasteiger partial charge in [-0.2, -0.15) is 0 Å². The summed E-state index contributed by atoms with van der Waals surface area (Å²) in [5.41, 5.74) is 0. The smallest absolute Gasteiger partial charge is 0.262 e. The number of hydrogen-bond donors (Lipinski definition) is 1. The van der Waals surface area contributed by atoms with E-state index in [1.165, 1.54) is 11.3 Å². The largest absolute Gasteiger partial charge is 0.351 e. The summed E-state index contributed by atoms with van der Waals surface area (Å²) in [6, 6.07) is 1.86. The van der Waals surface area contributed by atoms with Crippen LogP contribution < -0.4 is 5.32 Å². The molecule has 18 heavy (non-hydrogen) atoms. The van der Waals surface area contributed by atoms with Gasteiger partial charge in [-0.15, -0.1) is 11.3 Å². The monoisotopic (exact) mass is 330 g/mol. The molecule has 1 N–H and O–H groups in total. The fourth-order valence-corrected chi connectivity index (χ4v) is 3.42. The molecule has 1 fully saturated rings. The summed E-state index contributed by atoms with van der Waals surface area (Å²) in [7, 11) is 0. The summed E-state index contributed by atoms with van der Waals surface area (Å²) < 4.78 is 0.833. The first-order valence-electron chi connectivity index (χ1n) is 5.97. The minimum Gasteiger partial charge on any atom is -0.351 e. The van der Waals surface area contributed by atoms with Crippen LogP contribution in [0.5, 0.6) is 0 Å². The van der Waals surface area contributed by atoms with E-state index in [0.717, 1.165) is 30.4 Å². The number of likely N-dealkylation sites (tertiary alicyclic amines) is 1. The Balaban J connectivity index is 1.68. The molecule has 98 valence electrons. The van der Waals surface area contributed by atoms with Crippen LogP contribution in [0.4, 0.5) is 0 Å². The number of rotatable bonds is 5. The molecule has 0 atom stereocenters. The molecule has 0 aliphatic carbocycles. The molecular weight excluding hydrogens is 316 g/mol. The SMILES string of the molecule is O=C(NCCCN1CCCC1=O)c1sccc1Br. The average Bonchev–Trinajstić information content (AvgIpc) is 2.94. The molecule has 4 nitrogen and oxygen atoms in total. The Morgan fingerprint density at radius 2 is 2.39 bits per heavy atom. The van der Waals surface area contributed by atoms with Crippen LogP contribution in [-0.4, -0.2) is 36.3 Å². The van der Waals surface area contributed by atoms with Gasteiger partial charge in [-0.3, -0.25) is 9.59 Å². The van der Waals surface area contributed by atoms with Gasteiger partial charge in [0.15, 0.2) is 0 Å². The third-order valence-electron chi connectivity index (χ3n) is 2.89. The molecule has 1 aliphatic rings. The van der Waals surface area contributed by atoms with Crippen molar-refractivity contribution in [3.63, 3.8) is 0 Å². The van der Waals surface area contributed by atoms with Crippen molar-refractivity contribution in [2.45, 2.75) is 19.3 Å². The van der Waals surface area contributed by atoms with Crippen LogP contribution in [0.1, 0.15) is 28.9 Å². The molecular formula is C12H15BrN2O2S. The summed E-state index contributed by atoms with van der Waals surface area (Å²) in [6.07, 6.45) is 2.45. The first-order chi connectivity index (χ1) is 8.68. The number of nitrogens with zero attached hydrogens (tertiary/aromatic N) is 1. The minimum atomic E-state index is -0.0513. The Labute approximate surface area is 118 Å². The van der Waals surface area contributed by atoms with Gasteiger partial charge in [-0.25, -0.2) is 0 Å². The highest BCUT2D eigenvalue weighted by atomic mass is 79.9. The van der Waals surface area contributed by atoms with Crippen molar-refractivity contribution in [2.24, 2.45) is 0 Å². The fourth-order valence-electron chi connectivity index (χ4n) is 1.95. The molecule has 0 bridgehead atoms. The predicted molar refractivity (Wildman–Crippen MR) is 74.8 cm³/mol. The summed E-state index contributed by atoms with van der Waals surface area (Å²) in [5, 5.41) is 4.75. The molecule has 1 aromatic heterocycles. The highest BCUT2D eigenvalue weighted by molar-refractivity contribution is 9.10. The number of thiophene rings is 1. The summed E-state index contributed by atoms with van der Waals surface area (Å²) in [6.45, 7) is 2.21. The second kappa shape index (κ2) is 6.33. The van der Waals surface area contributed by atoms with E-state index in [1.54, 1.807) is 0 Å². The second-order valence-corrected chi connectivity index (χ2v) is 5.96. The van der Waals surface area contributed by atoms with Crippen molar-refractivity contribution < 1.29 is 9.59 Å². The first-order valence-corrected chi connectivity index (χ1v) is 7.64. The lowest BCUT2D eigenvalue weighted by Crippen LogP contribution is -2.30.